The summed E-state index contributed by atoms with van der Waals surface area (Å²) in [5.74, 6) is -0.143. The van der Waals surface area contributed by atoms with Gasteiger partial charge in [0, 0.05) is 24.6 Å². The molecule has 3 atom stereocenters. The number of aliphatic hydroxyl groups is 1. The summed E-state index contributed by atoms with van der Waals surface area (Å²) in [5, 5.41) is 24.5. The molecule has 0 fully saturated rings. The second-order valence-corrected chi connectivity index (χ2v) is 9.51. The number of H-pyrrole nitrogens is 1. The lowest BCUT2D eigenvalue weighted by Gasteiger charge is -2.31. The van der Waals surface area contributed by atoms with Gasteiger partial charge in [0.05, 0.1) is 18.2 Å². The largest absolute Gasteiger partial charge is 0.506 e. The number of benzene rings is 2. The number of fused-ring (bicyclic) bond motifs is 1. The quantitative estimate of drug-likeness (QED) is 0.212. The number of aromatic nitrogens is 1. The van der Waals surface area contributed by atoms with Crippen molar-refractivity contribution in [3.8, 4) is 5.75 Å². The highest BCUT2D eigenvalue weighted by atomic mass is 19.1. The predicted octanol–water partition coefficient (Wildman–Crippen LogP) is 5.34. The molecule has 36 heavy (non-hydrogen) atoms. The maximum absolute atomic E-state index is 15.8. The van der Waals surface area contributed by atoms with E-state index < -0.39 is 11.8 Å². The predicted molar refractivity (Wildman–Crippen MR) is 142 cm³/mol. The molecule has 0 saturated heterocycles. The SMILES string of the molecule is CCC(C)C(F)(COCCCCCCNCC(O)c1ccc(O)c2[nH]c(=O)ccc12)c1ccccc1. The van der Waals surface area contributed by atoms with Crippen LogP contribution in [-0.4, -0.2) is 41.5 Å². The number of phenolic OH excluding ortho intramolecular Hbond substituents is 1. The summed E-state index contributed by atoms with van der Waals surface area (Å²) < 4.78 is 21.5. The molecule has 4 N–H and O–H groups in total. The zero-order valence-electron chi connectivity index (χ0n) is 21.3. The molecule has 2 aromatic carbocycles. The summed E-state index contributed by atoms with van der Waals surface area (Å²) in [7, 11) is 0. The Labute approximate surface area is 212 Å². The van der Waals surface area contributed by atoms with Crippen molar-refractivity contribution < 1.29 is 19.3 Å². The Bertz CT molecular complexity index is 1140. The minimum atomic E-state index is -1.47. The number of aromatic amines is 1. The normalized spacial score (nSPS) is 15.0. The van der Waals surface area contributed by atoms with E-state index in [1.807, 2.05) is 44.2 Å². The number of pyridine rings is 1. The summed E-state index contributed by atoms with van der Waals surface area (Å²) in [6.07, 6.45) is 3.84. The van der Waals surface area contributed by atoms with Gasteiger partial charge in [-0.1, -0.05) is 69.5 Å². The Balaban J connectivity index is 1.33. The van der Waals surface area contributed by atoms with Crippen molar-refractivity contribution in [2.24, 2.45) is 5.92 Å². The highest BCUT2D eigenvalue weighted by molar-refractivity contribution is 5.87. The molecular weight excluding hydrogens is 459 g/mol. The average Bonchev–Trinajstić information content (AvgIpc) is 2.89. The number of hydrogen-bond acceptors (Lipinski definition) is 5. The molecule has 0 bridgehead atoms. The number of hydrogen-bond donors (Lipinski definition) is 4. The topological polar surface area (TPSA) is 94.6 Å². The molecule has 0 spiro atoms. The van der Waals surface area contributed by atoms with Crippen LogP contribution in [0.4, 0.5) is 4.39 Å². The second-order valence-electron chi connectivity index (χ2n) is 9.51. The minimum Gasteiger partial charge on any atom is -0.506 e. The fourth-order valence-electron chi connectivity index (χ4n) is 4.48. The van der Waals surface area contributed by atoms with E-state index in [4.69, 9.17) is 4.74 Å². The maximum Gasteiger partial charge on any atom is 0.248 e. The van der Waals surface area contributed by atoms with Crippen molar-refractivity contribution in [1.82, 2.24) is 10.3 Å². The third-order valence-corrected chi connectivity index (χ3v) is 6.96. The van der Waals surface area contributed by atoms with Crippen LogP contribution in [0.15, 0.2) is 59.4 Å². The zero-order chi connectivity index (χ0) is 26.0. The van der Waals surface area contributed by atoms with Crippen LogP contribution >= 0.6 is 0 Å². The molecule has 0 aliphatic rings. The van der Waals surface area contributed by atoms with Crippen molar-refractivity contribution in [3.63, 3.8) is 0 Å². The maximum atomic E-state index is 15.8. The average molecular weight is 499 g/mol. The van der Waals surface area contributed by atoms with Gasteiger partial charge >= 0.3 is 0 Å². The summed E-state index contributed by atoms with van der Waals surface area (Å²) in [6.45, 7) is 5.69. The number of halogens is 1. The first-order valence-electron chi connectivity index (χ1n) is 12.9. The number of unbranched alkanes of at least 4 members (excludes halogenated alkanes) is 3. The third-order valence-electron chi connectivity index (χ3n) is 6.96. The molecule has 0 radical (unpaired) electrons. The van der Waals surface area contributed by atoms with Crippen LogP contribution in [-0.2, 0) is 10.4 Å². The number of rotatable bonds is 15. The highest BCUT2D eigenvalue weighted by Gasteiger charge is 2.37. The lowest BCUT2D eigenvalue weighted by Crippen LogP contribution is -2.34. The summed E-state index contributed by atoms with van der Waals surface area (Å²) in [6, 6.07) is 15.5. The van der Waals surface area contributed by atoms with E-state index in [0.29, 0.717) is 35.2 Å². The Morgan fingerprint density at radius 2 is 1.81 bits per heavy atom. The Morgan fingerprint density at radius 3 is 2.56 bits per heavy atom. The first-order chi connectivity index (χ1) is 17.4. The molecule has 3 rings (SSSR count). The number of nitrogens with one attached hydrogen (secondary N) is 2. The minimum absolute atomic E-state index is 0.0206. The standard InChI is InChI=1S/C29H39FN2O4/c1-3-21(2)29(30,22-11-7-6-8-12-22)20-36-18-10-5-4-9-17-31-19-26(34)23-13-15-25(33)28-24(23)14-16-27(35)32-28/h6-8,11-16,21,26,31,33-34H,3-5,9-10,17-20H2,1-2H3,(H,32,35). The van der Waals surface area contributed by atoms with Crippen LogP contribution in [0, 0.1) is 5.92 Å². The number of aliphatic hydroxyl groups excluding tert-OH is 1. The molecule has 1 heterocycles. The Kier molecular flexibility index (Phi) is 10.5. The fourth-order valence-corrected chi connectivity index (χ4v) is 4.48. The van der Waals surface area contributed by atoms with Crippen LogP contribution in [0.3, 0.4) is 0 Å². The van der Waals surface area contributed by atoms with Gasteiger partial charge in [-0.05, 0) is 48.6 Å². The van der Waals surface area contributed by atoms with Crippen molar-refractivity contribution in [2.75, 3.05) is 26.3 Å². The summed E-state index contributed by atoms with van der Waals surface area (Å²) in [5.41, 5.74) is -0.108. The smallest absolute Gasteiger partial charge is 0.248 e. The van der Waals surface area contributed by atoms with Gasteiger partial charge in [0.2, 0.25) is 5.56 Å². The van der Waals surface area contributed by atoms with E-state index >= 15 is 4.39 Å². The third kappa shape index (κ3) is 7.15. The van der Waals surface area contributed by atoms with E-state index in [-0.39, 0.29) is 23.8 Å². The lowest BCUT2D eigenvalue weighted by atomic mass is 9.83. The molecule has 1 aromatic heterocycles. The molecule has 0 aliphatic heterocycles. The second kappa shape index (κ2) is 13.5. The molecule has 0 aliphatic carbocycles. The van der Waals surface area contributed by atoms with E-state index in [0.717, 1.165) is 38.6 Å². The summed E-state index contributed by atoms with van der Waals surface area (Å²) >= 11 is 0. The van der Waals surface area contributed by atoms with Gasteiger partial charge in [-0.25, -0.2) is 4.39 Å². The fraction of sp³-hybridized carbons (Fsp3) is 0.483. The van der Waals surface area contributed by atoms with Gasteiger partial charge in [0.25, 0.3) is 0 Å². The monoisotopic (exact) mass is 498 g/mol. The van der Waals surface area contributed by atoms with Crippen molar-refractivity contribution >= 4 is 10.9 Å². The molecule has 6 nitrogen and oxygen atoms in total. The van der Waals surface area contributed by atoms with E-state index in [1.165, 1.54) is 12.1 Å². The van der Waals surface area contributed by atoms with E-state index in [1.54, 1.807) is 12.1 Å². The first kappa shape index (κ1) is 27.8. The van der Waals surface area contributed by atoms with Gasteiger partial charge in [0.15, 0.2) is 5.67 Å². The molecule has 0 amide bonds. The number of aromatic hydroxyl groups is 1. The molecule has 196 valence electrons. The number of ether oxygens (including phenoxy) is 1. The van der Waals surface area contributed by atoms with E-state index in [9.17, 15) is 15.0 Å². The zero-order valence-corrected chi connectivity index (χ0v) is 21.3. The van der Waals surface area contributed by atoms with Crippen LogP contribution < -0.4 is 10.9 Å². The molecule has 7 heteroatoms. The Hall–Kier alpha value is -2.74. The molecule has 3 aromatic rings. The van der Waals surface area contributed by atoms with Gasteiger partial charge in [-0.3, -0.25) is 4.79 Å². The summed E-state index contributed by atoms with van der Waals surface area (Å²) in [4.78, 5) is 14.2. The highest BCUT2D eigenvalue weighted by Crippen LogP contribution is 2.36. The molecule has 3 unspecified atom stereocenters. The molecule has 0 saturated carbocycles. The van der Waals surface area contributed by atoms with Crippen LogP contribution in [0.25, 0.3) is 10.9 Å². The van der Waals surface area contributed by atoms with Crippen LogP contribution in [0.5, 0.6) is 5.75 Å². The van der Waals surface area contributed by atoms with Gasteiger partial charge in [-0.15, -0.1) is 0 Å². The number of alkyl halides is 1. The van der Waals surface area contributed by atoms with Gasteiger partial charge in [0.1, 0.15) is 5.75 Å². The van der Waals surface area contributed by atoms with Crippen LogP contribution in [0.1, 0.15) is 63.2 Å². The first-order valence-corrected chi connectivity index (χ1v) is 12.9. The van der Waals surface area contributed by atoms with E-state index in [2.05, 4.69) is 10.3 Å². The van der Waals surface area contributed by atoms with Crippen molar-refractivity contribution in [3.05, 3.63) is 76.1 Å². The van der Waals surface area contributed by atoms with Gasteiger partial charge < -0.3 is 25.3 Å². The number of phenols is 1. The molecular formula is C29H39FN2O4. The van der Waals surface area contributed by atoms with Crippen LogP contribution in [0.2, 0.25) is 0 Å². The lowest BCUT2D eigenvalue weighted by molar-refractivity contribution is -0.0250. The van der Waals surface area contributed by atoms with Gasteiger partial charge in [-0.2, -0.15) is 0 Å². The van der Waals surface area contributed by atoms with Crippen molar-refractivity contribution in [1.29, 1.82) is 0 Å². The van der Waals surface area contributed by atoms with Crippen molar-refractivity contribution in [2.45, 2.75) is 57.7 Å². The Morgan fingerprint density at radius 1 is 1.06 bits per heavy atom.